The van der Waals surface area contributed by atoms with Crippen LogP contribution in [0.3, 0.4) is 0 Å². The van der Waals surface area contributed by atoms with Gasteiger partial charge in [-0.2, -0.15) is 0 Å². The normalized spacial score (nSPS) is 19.7. The van der Waals surface area contributed by atoms with E-state index in [1.807, 2.05) is 0 Å². The quantitative estimate of drug-likeness (QED) is 0.864. The number of nitrogens with zero attached hydrogens (tertiary/aromatic N) is 1. The van der Waals surface area contributed by atoms with Crippen LogP contribution in [0.15, 0.2) is 34.9 Å². The first-order valence-corrected chi connectivity index (χ1v) is 5.75. The van der Waals surface area contributed by atoms with E-state index in [2.05, 4.69) is 10.3 Å². The van der Waals surface area contributed by atoms with E-state index in [1.54, 1.807) is 18.2 Å². The van der Waals surface area contributed by atoms with Crippen molar-refractivity contribution in [3.8, 4) is 11.3 Å². The van der Waals surface area contributed by atoms with Gasteiger partial charge in [-0.15, -0.1) is 0 Å². The predicted octanol–water partition coefficient (Wildman–Crippen LogP) is 2.56. The maximum absolute atomic E-state index is 13.6. The van der Waals surface area contributed by atoms with E-state index in [0.29, 0.717) is 23.1 Å². The van der Waals surface area contributed by atoms with Crippen LogP contribution in [-0.4, -0.2) is 18.1 Å². The molecule has 3 rings (SSSR count). The summed E-state index contributed by atoms with van der Waals surface area (Å²) in [4.78, 5) is 4.38. The number of halogens is 1. The zero-order valence-corrected chi connectivity index (χ0v) is 9.32. The van der Waals surface area contributed by atoms with E-state index in [4.69, 9.17) is 4.42 Å². The lowest BCUT2D eigenvalue weighted by Gasteiger charge is -2.00. The summed E-state index contributed by atoms with van der Waals surface area (Å²) in [6, 6.07) is 6.61. The van der Waals surface area contributed by atoms with Gasteiger partial charge in [0.1, 0.15) is 17.8 Å². The molecule has 0 aliphatic carbocycles. The Bertz CT molecular complexity index is 518. The number of hydrogen-bond acceptors (Lipinski definition) is 3. The van der Waals surface area contributed by atoms with Gasteiger partial charge in [-0.3, -0.25) is 0 Å². The Kier molecular flexibility index (Phi) is 2.65. The highest BCUT2D eigenvalue weighted by atomic mass is 19.1. The standard InChI is InChI=1S/C13H13FN2O/c14-11-4-2-1-3-10(11)12-8-17-13(16-12)9-5-6-15-7-9/h1-4,8-9,15H,5-7H2. The van der Waals surface area contributed by atoms with E-state index >= 15 is 0 Å². The molecule has 0 bridgehead atoms. The van der Waals surface area contributed by atoms with Crippen LogP contribution >= 0.6 is 0 Å². The van der Waals surface area contributed by atoms with Crippen LogP contribution in [0.5, 0.6) is 0 Å². The van der Waals surface area contributed by atoms with Gasteiger partial charge >= 0.3 is 0 Å². The molecular formula is C13H13FN2O. The Morgan fingerprint density at radius 1 is 1.35 bits per heavy atom. The van der Waals surface area contributed by atoms with Gasteiger partial charge in [-0.25, -0.2) is 9.37 Å². The molecule has 2 aromatic rings. The molecule has 4 heteroatoms. The molecule has 1 N–H and O–H groups in total. The molecule has 2 heterocycles. The second-order valence-corrected chi connectivity index (χ2v) is 4.24. The first-order chi connectivity index (χ1) is 8.34. The van der Waals surface area contributed by atoms with Crippen molar-refractivity contribution in [2.24, 2.45) is 0 Å². The summed E-state index contributed by atoms with van der Waals surface area (Å²) in [6.45, 7) is 1.87. The third-order valence-electron chi connectivity index (χ3n) is 3.08. The lowest BCUT2D eigenvalue weighted by atomic mass is 10.1. The summed E-state index contributed by atoms with van der Waals surface area (Å²) < 4.78 is 19.0. The van der Waals surface area contributed by atoms with E-state index in [9.17, 15) is 4.39 Å². The van der Waals surface area contributed by atoms with Gasteiger partial charge < -0.3 is 9.73 Å². The molecule has 0 saturated carbocycles. The van der Waals surface area contributed by atoms with Gasteiger partial charge in [0.15, 0.2) is 5.89 Å². The van der Waals surface area contributed by atoms with E-state index in [-0.39, 0.29) is 5.82 Å². The molecule has 1 aliphatic rings. The number of rotatable bonds is 2. The molecule has 1 aromatic heterocycles. The Morgan fingerprint density at radius 2 is 2.24 bits per heavy atom. The van der Waals surface area contributed by atoms with Crippen LogP contribution in [0.2, 0.25) is 0 Å². The van der Waals surface area contributed by atoms with Crippen molar-refractivity contribution >= 4 is 0 Å². The highest BCUT2D eigenvalue weighted by Crippen LogP contribution is 2.26. The summed E-state index contributed by atoms with van der Waals surface area (Å²) in [5.74, 6) is 0.751. The maximum Gasteiger partial charge on any atom is 0.199 e. The molecule has 1 aliphatic heterocycles. The van der Waals surface area contributed by atoms with Crippen LogP contribution in [-0.2, 0) is 0 Å². The topological polar surface area (TPSA) is 38.1 Å². The Balaban J connectivity index is 1.92. The minimum absolute atomic E-state index is 0.267. The first kappa shape index (κ1) is 10.5. The van der Waals surface area contributed by atoms with Crippen molar-refractivity contribution in [3.63, 3.8) is 0 Å². The number of oxazole rings is 1. The number of nitrogens with one attached hydrogen (secondary N) is 1. The smallest absolute Gasteiger partial charge is 0.199 e. The van der Waals surface area contributed by atoms with Gasteiger partial charge in [-0.05, 0) is 25.1 Å². The van der Waals surface area contributed by atoms with Crippen molar-refractivity contribution in [1.29, 1.82) is 0 Å². The summed E-state index contributed by atoms with van der Waals surface area (Å²) in [5, 5.41) is 3.26. The van der Waals surface area contributed by atoms with Crippen molar-refractivity contribution in [2.45, 2.75) is 12.3 Å². The zero-order valence-electron chi connectivity index (χ0n) is 9.32. The van der Waals surface area contributed by atoms with Gasteiger partial charge in [0.25, 0.3) is 0 Å². The van der Waals surface area contributed by atoms with Crippen LogP contribution in [0.1, 0.15) is 18.2 Å². The van der Waals surface area contributed by atoms with E-state index in [1.165, 1.54) is 12.3 Å². The molecule has 1 atom stereocenters. The highest BCUT2D eigenvalue weighted by molar-refractivity contribution is 5.58. The number of hydrogen-bond donors (Lipinski definition) is 1. The number of benzene rings is 1. The van der Waals surface area contributed by atoms with Crippen LogP contribution < -0.4 is 5.32 Å². The SMILES string of the molecule is Fc1ccccc1-c1coc(C2CCNC2)n1. The summed E-state index contributed by atoms with van der Waals surface area (Å²) >= 11 is 0. The van der Waals surface area contributed by atoms with Gasteiger partial charge in [0.05, 0.1) is 0 Å². The minimum Gasteiger partial charge on any atom is -0.448 e. The lowest BCUT2D eigenvalue weighted by molar-refractivity contribution is 0.457. The zero-order chi connectivity index (χ0) is 11.7. The average molecular weight is 232 g/mol. The Morgan fingerprint density at radius 3 is 3.00 bits per heavy atom. The van der Waals surface area contributed by atoms with E-state index in [0.717, 1.165) is 19.5 Å². The fourth-order valence-electron chi connectivity index (χ4n) is 2.13. The van der Waals surface area contributed by atoms with Crippen molar-refractivity contribution in [3.05, 3.63) is 42.2 Å². The Labute approximate surface area is 98.7 Å². The van der Waals surface area contributed by atoms with Crippen molar-refractivity contribution in [1.82, 2.24) is 10.3 Å². The lowest BCUT2D eigenvalue weighted by Crippen LogP contribution is -2.08. The molecule has 1 saturated heterocycles. The van der Waals surface area contributed by atoms with Crippen molar-refractivity contribution < 1.29 is 8.81 Å². The van der Waals surface area contributed by atoms with E-state index < -0.39 is 0 Å². The monoisotopic (exact) mass is 232 g/mol. The molecular weight excluding hydrogens is 219 g/mol. The largest absolute Gasteiger partial charge is 0.448 e. The van der Waals surface area contributed by atoms with Gasteiger partial charge in [0.2, 0.25) is 0 Å². The second-order valence-electron chi connectivity index (χ2n) is 4.24. The third-order valence-corrected chi connectivity index (χ3v) is 3.08. The maximum atomic E-state index is 13.6. The Hall–Kier alpha value is -1.68. The molecule has 88 valence electrons. The summed E-state index contributed by atoms with van der Waals surface area (Å²) in [5.41, 5.74) is 1.07. The van der Waals surface area contributed by atoms with Crippen LogP contribution in [0, 0.1) is 5.82 Å². The fourth-order valence-corrected chi connectivity index (χ4v) is 2.13. The van der Waals surface area contributed by atoms with Crippen LogP contribution in [0.25, 0.3) is 11.3 Å². The molecule has 1 fully saturated rings. The molecule has 0 spiro atoms. The molecule has 1 aromatic carbocycles. The third kappa shape index (κ3) is 1.96. The predicted molar refractivity (Wildman–Crippen MR) is 62.1 cm³/mol. The fraction of sp³-hybridized carbons (Fsp3) is 0.308. The first-order valence-electron chi connectivity index (χ1n) is 5.75. The summed E-state index contributed by atoms with van der Waals surface area (Å²) in [7, 11) is 0. The molecule has 1 unspecified atom stereocenters. The molecule has 3 nitrogen and oxygen atoms in total. The second kappa shape index (κ2) is 4.30. The molecule has 0 amide bonds. The highest BCUT2D eigenvalue weighted by Gasteiger charge is 2.22. The average Bonchev–Trinajstić information content (AvgIpc) is 3.00. The molecule has 0 radical (unpaired) electrons. The summed E-state index contributed by atoms with van der Waals surface area (Å²) in [6.07, 6.45) is 2.56. The molecule has 17 heavy (non-hydrogen) atoms. The van der Waals surface area contributed by atoms with Crippen molar-refractivity contribution in [2.75, 3.05) is 13.1 Å². The van der Waals surface area contributed by atoms with Gasteiger partial charge in [-0.1, -0.05) is 12.1 Å². The van der Waals surface area contributed by atoms with Gasteiger partial charge in [0, 0.05) is 18.0 Å². The van der Waals surface area contributed by atoms with Crippen LogP contribution in [0.4, 0.5) is 4.39 Å². The number of aromatic nitrogens is 1. The minimum atomic E-state index is -0.267.